The summed E-state index contributed by atoms with van der Waals surface area (Å²) in [7, 11) is 1.78. The minimum atomic E-state index is -0.478. The molecule has 1 aromatic carbocycles. The van der Waals surface area contributed by atoms with Gasteiger partial charge in [-0.1, -0.05) is 0 Å². The number of rotatable bonds is 1. The summed E-state index contributed by atoms with van der Waals surface area (Å²) in [6.45, 7) is 6.86. The van der Waals surface area contributed by atoms with Gasteiger partial charge in [0.15, 0.2) is 0 Å². The third kappa shape index (κ3) is 3.80. The molecule has 116 valence electrons. The highest BCUT2D eigenvalue weighted by molar-refractivity contribution is 5.68. The van der Waals surface area contributed by atoms with E-state index in [0.717, 1.165) is 24.1 Å². The normalized spacial score (nSPS) is 15.1. The van der Waals surface area contributed by atoms with Crippen LogP contribution in [0.2, 0.25) is 0 Å². The summed E-state index contributed by atoms with van der Waals surface area (Å²) >= 11 is 0. The Bertz CT molecular complexity index is 535. The fourth-order valence-electron chi connectivity index (χ4n) is 2.47. The Morgan fingerprint density at radius 3 is 2.33 bits per heavy atom. The van der Waals surface area contributed by atoms with Crippen LogP contribution >= 0.6 is 0 Å². The van der Waals surface area contributed by atoms with E-state index in [9.17, 15) is 9.90 Å². The van der Waals surface area contributed by atoms with Gasteiger partial charge in [-0.05, 0) is 56.9 Å². The number of amides is 1. The minimum absolute atomic E-state index is 0.252. The van der Waals surface area contributed by atoms with Crippen LogP contribution in [0.5, 0.6) is 5.75 Å². The molecule has 0 saturated carbocycles. The molecule has 2 rings (SSSR count). The van der Waals surface area contributed by atoms with E-state index in [2.05, 4.69) is 5.32 Å². The number of carbonyl (C=O) groups is 1. The summed E-state index contributed by atoms with van der Waals surface area (Å²) < 4.78 is 5.43. The monoisotopic (exact) mass is 292 g/mol. The lowest BCUT2D eigenvalue weighted by molar-refractivity contribution is 0.0258. The Kier molecular flexibility index (Phi) is 4.30. The van der Waals surface area contributed by atoms with E-state index < -0.39 is 5.60 Å². The Hall–Kier alpha value is -1.91. The highest BCUT2D eigenvalue weighted by atomic mass is 16.6. The molecule has 1 aliphatic heterocycles. The lowest BCUT2D eigenvalue weighted by atomic mass is 10.0. The Morgan fingerprint density at radius 1 is 1.24 bits per heavy atom. The highest BCUT2D eigenvalue weighted by Crippen LogP contribution is 2.29. The number of fused-ring (bicyclic) bond motifs is 1. The number of ether oxygens (including phenoxy) is 1. The average molecular weight is 292 g/mol. The molecular formula is C16H24N2O3. The molecule has 0 spiro atoms. The fourth-order valence-corrected chi connectivity index (χ4v) is 2.47. The molecule has 5 heteroatoms. The topological polar surface area (TPSA) is 61.8 Å². The Morgan fingerprint density at radius 2 is 1.81 bits per heavy atom. The number of nitrogens with zero attached hydrogens (tertiary/aromatic N) is 1. The summed E-state index contributed by atoms with van der Waals surface area (Å²) in [5.41, 5.74) is 2.51. The van der Waals surface area contributed by atoms with Crippen molar-refractivity contribution in [3.05, 3.63) is 23.3 Å². The number of aromatic hydroxyl groups is 1. The van der Waals surface area contributed by atoms with Crippen molar-refractivity contribution in [2.45, 2.75) is 39.2 Å². The second-order valence-electron chi connectivity index (χ2n) is 6.36. The maximum Gasteiger partial charge on any atom is 0.410 e. The van der Waals surface area contributed by atoms with Gasteiger partial charge in [0.25, 0.3) is 0 Å². The number of hydrogen-bond donors (Lipinski definition) is 2. The molecule has 5 nitrogen and oxygen atoms in total. The van der Waals surface area contributed by atoms with E-state index in [0.29, 0.717) is 13.1 Å². The van der Waals surface area contributed by atoms with Gasteiger partial charge in [0.05, 0.1) is 5.69 Å². The zero-order valence-corrected chi connectivity index (χ0v) is 13.2. The van der Waals surface area contributed by atoms with Crippen LogP contribution in [0.3, 0.4) is 0 Å². The lowest BCUT2D eigenvalue weighted by Crippen LogP contribution is -2.38. The van der Waals surface area contributed by atoms with Gasteiger partial charge in [-0.3, -0.25) is 0 Å². The summed E-state index contributed by atoms with van der Waals surface area (Å²) in [5.74, 6) is 0.252. The van der Waals surface area contributed by atoms with Gasteiger partial charge in [0.1, 0.15) is 11.4 Å². The molecule has 0 bridgehead atoms. The number of hydrogen-bond acceptors (Lipinski definition) is 4. The van der Waals surface area contributed by atoms with Crippen LogP contribution < -0.4 is 5.32 Å². The number of anilines is 1. The van der Waals surface area contributed by atoms with Gasteiger partial charge >= 0.3 is 6.09 Å². The molecule has 1 aromatic rings. The highest BCUT2D eigenvalue weighted by Gasteiger charge is 2.24. The van der Waals surface area contributed by atoms with E-state index in [1.165, 1.54) is 5.56 Å². The lowest BCUT2D eigenvalue weighted by Gasteiger charge is -2.26. The van der Waals surface area contributed by atoms with Crippen LogP contribution in [-0.4, -0.2) is 41.8 Å². The predicted molar refractivity (Wildman–Crippen MR) is 82.9 cm³/mol. The first kappa shape index (κ1) is 15.5. The van der Waals surface area contributed by atoms with Crippen LogP contribution in [0.15, 0.2) is 12.1 Å². The van der Waals surface area contributed by atoms with Crippen molar-refractivity contribution in [3.8, 4) is 5.75 Å². The molecule has 1 aliphatic rings. The molecule has 21 heavy (non-hydrogen) atoms. The molecule has 1 amide bonds. The van der Waals surface area contributed by atoms with Crippen molar-refractivity contribution in [2.24, 2.45) is 0 Å². The third-order valence-corrected chi connectivity index (χ3v) is 3.54. The van der Waals surface area contributed by atoms with E-state index in [1.807, 2.05) is 26.8 Å². The SMILES string of the molecule is CNc1cc2c(cc1O)CCN(C(=O)OC(C)(C)C)CC2. The Labute approximate surface area is 125 Å². The quantitative estimate of drug-likeness (QED) is 0.781. The fraction of sp³-hybridized carbons (Fsp3) is 0.562. The van der Waals surface area contributed by atoms with Gasteiger partial charge < -0.3 is 20.1 Å². The van der Waals surface area contributed by atoms with Crippen LogP contribution in [0.1, 0.15) is 31.9 Å². The maximum atomic E-state index is 12.1. The molecular weight excluding hydrogens is 268 g/mol. The smallest absolute Gasteiger partial charge is 0.410 e. The zero-order chi connectivity index (χ0) is 15.6. The predicted octanol–water partition coefficient (Wildman–Crippen LogP) is 2.77. The van der Waals surface area contributed by atoms with Crippen LogP contribution in [0.25, 0.3) is 0 Å². The van der Waals surface area contributed by atoms with Crippen molar-refractivity contribution in [2.75, 3.05) is 25.5 Å². The molecule has 0 aromatic heterocycles. The number of phenolic OH excluding ortho intramolecular Hbond substituents is 1. The third-order valence-electron chi connectivity index (χ3n) is 3.54. The first-order valence-corrected chi connectivity index (χ1v) is 7.30. The molecule has 1 heterocycles. The molecule has 0 radical (unpaired) electrons. The average Bonchev–Trinajstić information content (AvgIpc) is 2.57. The van der Waals surface area contributed by atoms with Crippen molar-refractivity contribution in [3.63, 3.8) is 0 Å². The van der Waals surface area contributed by atoms with Crippen LogP contribution in [0, 0.1) is 0 Å². The Balaban J connectivity index is 2.12. The van der Waals surface area contributed by atoms with Crippen molar-refractivity contribution < 1.29 is 14.6 Å². The van der Waals surface area contributed by atoms with Gasteiger partial charge in [0, 0.05) is 20.1 Å². The van der Waals surface area contributed by atoms with Gasteiger partial charge in [0.2, 0.25) is 0 Å². The number of phenols is 1. The van der Waals surface area contributed by atoms with E-state index in [4.69, 9.17) is 4.74 Å². The van der Waals surface area contributed by atoms with Crippen LogP contribution in [0.4, 0.5) is 10.5 Å². The number of carbonyl (C=O) groups excluding carboxylic acids is 1. The first-order chi connectivity index (χ1) is 9.80. The van der Waals surface area contributed by atoms with Gasteiger partial charge in [-0.25, -0.2) is 4.79 Å². The molecule has 0 saturated heterocycles. The summed E-state index contributed by atoms with van der Waals surface area (Å²) in [5, 5.41) is 12.9. The standard InChI is InChI=1S/C16H24N2O3/c1-16(2,3)21-15(20)18-7-5-11-9-13(17-4)14(19)10-12(11)6-8-18/h9-10,17,19H,5-8H2,1-4H3. The summed E-state index contributed by atoms with van der Waals surface area (Å²) in [4.78, 5) is 13.9. The van der Waals surface area contributed by atoms with Crippen molar-refractivity contribution in [1.29, 1.82) is 0 Å². The van der Waals surface area contributed by atoms with Crippen molar-refractivity contribution in [1.82, 2.24) is 4.90 Å². The first-order valence-electron chi connectivity index (χ1n) is 7.30. The summed E-state index contributed by atoms with van der Waals surface area (Å²) in [6.07, 6.45) is 1.23. The second kappa shape index (κ2) is 5.84. The van der Waals surface area contributed by atoms with Gasteiger partial charge in [-0.15, -0.1) is 0 Å². The minimum Gasteiger partial charge on any atom is -0.506 e. The van der Waals surface area contributed by atoms with Gasteiger partial charge in [-0.2, -0.15) is 0 Å². The van der Waals surface area contributed by atoms with E-state index in [-0.39, 0.29) is 11.8 Å². The molecule has 0 unspecified atom stereocenters. The zero-order valence-electron chi connectivity index (χ0n) is 13.2. The summed E-state index contributed by atoms with van der Waals surface area (Å²) in [6, 6.07) is 3.75. The maximum absolute atomic E-state index is 12.1. The largest absolute Gasteiger partial charge is 0.506 e. The molecule has 0 aliphatic carbocycles. The van der Waals surface area contributed by atoms with E-state index in [1.54, 1.807) is 18.0 Å². The molecule has 2 N–H and O–H groups in total. The molecule has 0 atom stereocenters. The second-order valence-corrected chi connectivity index (χ2v) is 6.36. The molecule has 0 fully saturated rings. The number of benzene rings is 1. The number of nitrogens with one attached hydrogen (secondary N) is 1. The van der Waals surface area contributed by atoms with E-state index >= 15 is 0 Å². The van der Waals surface area contributed by atoms with Crippen molar-refractivity contribution >= 4 is 11.8 Å². The van der Waals surface area contributed by atoms with Crippen LogP contribution in [-0.2, 0) is 17.6 Å².